The SMILES string of the molecule is O=C(Nc1c[nH]c2ccccc2c1=O)N1CCN(c2ccccn2)CC1. The van der Waals surface area contributed by atoms with Crippen LogP contribution >= 0.6 is 0 Å². The number of H-pyrrole nitrogens is 1. The highest BCUT2D eigenvalue weighted by Gasteiger charge is 2.22. The Morgan fingerprint density at radius 1 is 1.04 bits per heavy atom. The van der Waals surface area contributed by atoms with Gasteiger partial charge in [-0.25, -0.2) is 9.78 Å². The minimum Gasteiger partial charge on any atom is -0.359 e. The smallest absolute Gasteiger partial charge is 0.322 e. The van der Waals surface area contributed by atoms with Crippen molar-refractivity contribution in [3.8, 4) is 0 Å². The minimum absolute atomic E-state index is 0.181. The van der Waals surface area contributed by atoms with Gasteiger partial charge in [0.25, 0.3) is 0 Å². The number of amides is 2. The average molecular weight is 349 g/mol. The van der Waals surface area contributed by atoms with Crippen LogP contribution in [0.4, 0.5) is 16.3 Å². The van der Waals surface area contributed by atoms with Gasteiger partial charge in [0.05, 0.1) is 0 Å². The zero-order valence-electron chi connectivity index (χ0n) is 14.2. The number of hydrogen-bond donors (Lipinski definition) is 2. The molecule has 1 aliphatic rings. The Hall–Kier alpha value is -3.35. The number of rotatable bonds is 2. The molecule has 132 valence electrons. The molecule has 3 aromatic rings. The lowest BCUT2D eigenvalue weighted by atomic mass is 10.2. The molecule has 0 atom stereocenters. The number of pyridine rings is 2. The van der Waals surface area contributed by atoms with Crippen LogP contribution in [0.15, 0.2) is 59.7 Å². The van der Waals surface area contributed by atoms with Crippen LogP contribution in [0.25, 0.3) is 10.9 Å². The number of piperazine rings is 1. The summed E-state index contributed by atoms with van der Waals surface area (Å²) < 4.78 is 0. The molecule has 1 aromatic carbocycles. The van der Waals surface area contributed by atoms with Gasteiger partial charge >= 0.3 is 6.03 Å². The third-order valence-corrected chi connectivity index (χ3v) is 4.57. The lowest BCUT2D eigenvalue weighted by molar-refractivity contribution is 0.208. The number of nitrogens with zero attached hydrogens (tertiary/aromatic N) is 3. The number of fused-ring (bicyclic) bond motifs is 1. The first-order chi connectivity index (χ1) is 12.7. The van der Waals surface area contributed by atoms with Crippen molar-refractivity contribution >= 4 is 28.4 Å². The van der Waals surface area contributed by atoms with Gasteiger partial charge in [-0.1, -0.05) is 18.2 Å². The standard InChI is InChI=1S/C19H19N5O2/c25-18-14-5-1-2-6-15(14)21-13-16(18)22-19(26)24-11-9-23(10-12-24)17-7-3-4-8-20-17/h1-8,13H,9-12H2,(H,21,25)(H,22,26). The third-order valence-electron chi connectivity index (χ3n) is 4.57. The predicted molar refractivity (Wildman–Crippen MR) is 102 cm³/mol. The van der Waals surface area contributed by atoms with Gasteiger partial charge in [0.15, 0.2) is 0 Å². The third kappa shape index (κ3) is 3.11. The Labute approximate surface area is 150 Å². The fourth-order valence-corrected chi connectivity index (χ4v) is 3.13. The molecule has 26 heavy (non-hydrogen) atoms. The number of carbonyl (C=O) groups excluding carboxylic acids is 1. The predicted octanol–water partition coefficient (Wildman–Crippen LogP) is 2.28. The number of anilines is 2. The molecule has 2 amide bonds. The molecule has 0 radical (unpaired) electrons. The molecule has 0 spiro atoms. The van der Waals surface area contributed by atoms with E-state index in [4.69, 9.17) is 0 Å². The van der Waals surface area contributed by atoms with E-state index >= 15 is 0 Å². The maximum atomic E-state index is 12.5. The largest absolute Gasteiger partial charge is 0.359 e. The molecular weight excluding hydrogens is 330 g/mol. The van der Waals surface area contributed by atoms with Gasteiger partial charge in [-0.15, -0.1) is 0 Å². The van der Waals surface area contributed by atoms with Gasteiger partial charge in [0.2, 0.25) is 5.43 Å². The number of urea groups is 1. The summed E-state index contributed by atoms with van der Waals surface area (Å²) in [5.41, 5.74) is 0.833. The Kier molecular flexibility index (Phi) is 4.27. The van der Waals surface area contributed by atoms with Crippen molar-refractivity contribution in [1.29, 1.82) is 0 Å². The first-order valence-corrected chi connectivity index (χ1v) is 8.55. The molecule has 3 heterocycles. The number of hydrogen-bond acceptors (Lipinski definition) is 4. The highest BCUT2D eigenvalue weighted by molar-refractivity contribution is 5.92. The second-order valence-electron chi connectivity index (χ2n) is 6.17. The molecule has 0 aliphatic carbocycles. The Morgan fingerprint density at radius 3 is 2.58 bits per heavy atom. The van der Waals surface area contributed by atoms with E-state index in [1.165, 1.54) is 0 Å². The lowest BCUT2D eigenvalue weighted by Gasteiger charge is -2.35. The zero-order valence-corrected chi connectivity index (χ0v) is 14.2. The van der Waals surface area contributed by atoms with E-state index in [2.05, 4.69) is 20.2 Å². The summed E-state index contributed by atoms with van der Waals surface area (Å²) in [6, 6.07) is 12.8. The first-order valence-electron chi connectivity index (χ1n) is 8.55. The van der Waals surface area contributed by atoms with E-state index in [1.54, 1.807) is 29.4 Å². The normalized spacial score (nSPS) is 14.5. The van der Waals surface area contributed by atoms with E-state index < -0.39 is 0 Å². The second-order valence-corrected chi connectivity index (χ2v) is 6.17. The summed E-state index contributed by atoms with van der Waals surface area (Å²) >= 11 is 0. The molecule has 1 fully saturated rings. The number of benzene rings is 1. The maximum absolute atomic E-state index is 12.5. The van der Waals surface area contributed by atoms with Crippen molar-refractivity contribution in [3.63, 3.8) is 0 Å². The van der Waals surface area contributed by atoms with Crippen LogP contribution in [-0.2, 0) is 0 Å². The second kappa shape index (κ2) is 6.87. The van der Waals surface area contributed by atoms with Crippen LogP contribution in [0.2, 0.25) is 0 Å². The molecule has 7 nitrogen and oxygen atoms in total. The van der Waals surface area contributed by atoms with Crippen molar-refractivity contribution in [2.24, 2.45) is 0 Å². The highest BCUT2D eigenvalue weighted by atomic mass is 16.2. The van der Waals surface area contributed by atoms with Crippen LogP contribution in [0.1, 0.15) is 0 Å². The molecule has 2 N–H and O–H groups in total. The van der Waals surface area contributed by atoms with Crippen molar-refractivity contribution in [1.82, 2.24) is 14.9 Å². The summed E-state index contributed by atoms with van der Waals surface area (Å²) in [5.74, 6) is 0.915. The van der Waals surface area contributed by atoms with Crippen molar-refractivity contribution in [2.45, 2.75) is 0 Å². The number of aromatic nitrogens is 2. The fourth-order valence-electron chi connectivity index (χ4n) is 3.13. The van der Waals surface area contributed by atoms with E-state index in [0.717, 1.165) is 11.3 Å². The topological polar surface area (TPSA) is 81.3 Å². The zero-order chi connectivity index (χ0) is 17.9. The summed E-state index contributed by atoms with van der Waals surface area (Å²) in [6.45, 7) is 2.57. The molecule has 7 heteroatoms. The van der Waals surface area contributed by atoms with E-state index in [0.29, 0.717) is 31.6 Å². The minimum atomic E-state index is -0.258. The van der Waals surface area contributed by atoms with Crippen LogP contribution in [0, 0.1) is 0 Å². The van der Waals surface area contributed by atoms with Gasteiger partial charge < -0.3 is 20.1 Å². The number of nitrogens with one attached hydrogen (secondary N) is 2. The molecule has 4 rings (SSSR count). The maximum Gasteiger partial charge on any atom is 0.322 e. The molecule has 0 saturated carbocycles. The monoisotopic (exact) mass is 349 g/mol. The molecule has 0 bridgehead atoms. The molecule has 1 aliphatic heterocycles. The van der Waals surface area contributed by atoms with Crippen LogP contribution in [0.5, 0.6) is 0 Å². The van der Waals surface area contributed by atoms with Crippen LogP contribution in [0.3, 0.4) is 0 Å². The summed E-state index contributed by atoms with van der Waals surface area (Å²) in [7, 11) is 0. The Balaban J connectivity index is 1.43. The summed E-state index contributed by atoms with van der Waals surface area (Å²) in [4.78, 5) is 36.3. The lowest BCUT2D eigenvalue weighted by Crippen LogP contribution is -2.50. The number of para-hydroxylation sites is 1. The fraction of sp³-hybridized carbons (Fsp3) is 0.211. The van der Waals surface area contributed by atoms with E-state index in [9.17, 15) is 9.59 Å². The van der Waals surface area contributed by atoms with Gasteiger partial charge in [-0.2, -0.15) is 0 Å². The number of carbonyl (C=O) groups is 1. The van der Waals surface area contributed by atoms with E-state index in [1.807, 2.05) is 30.3 Å². The van der Waals surface area contributed by atoms with Gasteiger partial charge in [-0.3, -0.25) is 4.79 Å². The quantitative estimate of drug-likeness (QED) is 0.744. The molecule has 0 unspecified atom stereocenters. The molecular formula is C19H19N5O2. The van der Waals surface area contributed by atoms with Crippen molar-refractivity contribution < 1.29 is 4.79 Å². The Morgan fingerprint density at radius 2 is 1.81 bits per heavy atom. The van der Waals surface area contributed by atoms with Crippen molar-refractivity contribution in [2.75, 3.05) is 36.4 Å². The molecule has 1 saturated heterocycles. The summed E-state index contributed by atoms with van der Waals surface area (Å²) in [6.07, 6.45) is 3.31. The Bertz CT molecular complexity index is 978. The van der Waals surface area contributed by atoms with Gasteiger partial charge in [0.1, 0.15) is 11.5 Å². The average Bonchev–Trinajstić information content (AvgIpc) is 2.71. The molecule has 2 aromatic heterocycles. The summed E-state index contributed by atoms with van der Waals surface area (Å²) in [5, 5.41) is 3.30. The van der Waals surface area contributed by atoms with Crippen molar-refractivity contribution in [3.05, 3.63) is 65.1 Å². The van der Waals surface area contributed by atoms with Gasteiger partial charge in [0, 0.05) is 49.5 Å². The van der Waals surface area contributed by atoms with Gasteiger partial charge in [-0.05, 0) is 24.3 Å². The first kappa shape index (κ1) is 16.1. The van der Waals surface area contributed by atoms with Crippen LogP contribution in [-0.4, -0.2) is 47.1 Å². The van der Waals surface area contributed by atoms with Crippen LogP contribution < -0.4 is 15.6 Å². The number of aromatic amines is 1. The van der Waals surface area contributed by atoms with E-state index in [-0.39, 0.29) is 17.1 Å². The highest BCUT2D eigenvalue weighted by Crippen LogP contribution is 2.14.